The summed E-state index contributed by atoms with van der Waals surface area (Å²) in [5.41, 5.74) is 1.61. The van der Waals surface area contributed by atoms with E-state index in [4.69, 9.17) is 14.2 Å². The molecule has 5 heteroatoms. The molecule has 0 aliphatic carbocycles. The molecule has 0 N–H and O–H groups in total. The number of esters is 1. The minimum Gasteiger partial charge on any atom is -0.496 e. The zero-order chi connectivity index (χ0) is 16.2. The lowest BCUT2D eigenvalue weighted by Gasteiger charge is -2.05. The van der Waals surface area contributed by atoms with E-state index in [1.165, 1.54) is 0 Å². The van der Waals surface area contributed by atoms with Crippen molar-refractivity contribution in [1.82, 2.24) is 0 Å². The normalized spacial score (nSPS) is 15.3. The van der Waals surface area contributed by atoms with E-state index in [-0.39, 0.29) is 11.6 Å². The van der Waals surface area contributed by atoms with Gasteiger partial charge in [0.15, 0.2) is 5.70 Å². The molecule has 0 aromatic heterocycles. The van der Waals surface area contributed by atoms with Crippen molar-refractivity contribution in [3.8, 4) is 11.5 Å². The summed E-state index contributed by atoms with van der Waals surface area (Å²) in [5, 5.41) is 0. The Morgan fingerprint density at radius 1 is 0.957 bits per heavy atom. The van der Waals surface area contributed by atoms with Crippen LogP contribution in [0, 0.1) is 0 Å². The van der Waals surface area contributed by atoms with Crippen molar-refractivity contribution >= 4 is 17.9 Å². The third kappa shape index (κ3) is 2.94. The number of carbonyl (C=O) groups is 1. The molecule has 0 amide bonds. The maximum atomic E-state index is 12.1. The van der Waals surface area contributed by atoms with E-state index in [1.54, 1.807) is 32.4 Å². The number of carbonyl (C=O) groups excluding carboxylic acids is 1. The average Bonchev–Trinajstić information content (AvgIpc) is 2.96. The van der Waals surface area contributed by atoms with E-state index < -0.39 is 5.97 Å². The van der Waals surface area contributed by atoms with Crippen LogP contribution in [0.5, 0.6) is 11.5 Å². The van der Waals surface area contributed by atoms with Crippen molar-refractivity contribution in [1.29, 1.82) is 0 Å². The Kier molecular flexibility index (Phi) is 4.10. The number of ether oxygens (including phenoxy) is 3. The molecule has 2 aromatic carbocycles. The second-order valence-corrected chi connectivity index (χ2v) is 4.78. The van der Waals surface area contributed by atoms with Gasteiger partial charge in [0.2, 0.25) is 5.90 Å². The fourth-order valence-corrected chi connectivity index (χ4v) is 2.28. The van der Waals surface area contributed by atoms with E-state index >= 15 is 0 Å². The summed E-state index contributed by atoms with van der Waals surface area (Å²) in [7, 11) is 3.13. The zero-order valence-corrected chi connectivity index (χ0v) is 12.8. The first kappa shape index (κ1) is 14.8. The molecule has 0 fully saturated rings. The Morgan fingerprint density at radius 2 is 1.61 bits per heavy atom. The van der Waals surface area contributed by atoms with Crippen molar-refractivity contribution in [2.45, 2.75) is 0 Å². The predicted octanol–water partition coefficient (Wildman–Crippen LogP) is 3.05. The van der Waals surface area contributed by atoms with Gasteiger partial charge in [0, 0.05) is 5.56 Å². The van der Waals surface area contributed by atoms with Crippen LogP contribution in [0.1, 0.15) is 11.1 Å². The van der Waals surface area contributed by atoms with Crippen LogP contribution in [0.4, 0.5) is 0 Å². The zero-order valence-electron chi connectivity index (χ0n) is 12.8. The number of benzene rings is 2. The van der Waals surface area contributed by atoms with Gasteiger partial charge in [-0.1, -0.05) is 30.3 Å². The molecule has 0 spiro atoms. The fourth-order valence-electron chi connectivity index (χ4n) is 2.28. The molecule has 1 aliphatic rings. The lowest BCUT2D eigenvalue weighted by Crippen LogP contribution is -2.06. The van der Waals surface area contributed by atoms with Gasteiger partial charge in [-0.3, -0.25) is 0 Å². The molecular weight excluding hydrogens is 294 g/mol. The van der Waals surface area contributed by atoms with Crippen LogP contribution in [-0.2, 0) is 9.53 Å². The lowest BCUT2D eigenvalue weighted by molar-refractivity contribution is -0.129. The summed E-state index contributed by atoms with van der Waals surface area (Å²) >= 11 is 0. The molecule has 0 radical (unpaired) electrons. The molecule has 0 saturated heterocycles. The van der Waals surface area contributed by atoms with Gasteiger partial charge in [0.1, 0.15) is 11.5 Å². The van der Waals surface area contributed by atoms with Crippen LogP contribution in [0.25, 0.3) is 6.08 Å². The highest BCUT2D eigenvalue weighted by atomic mass is 16.6. The quantitative estimate of drug-likeness (QED) is 0.643. The number of cyclic esters (lactones) is 1. The van der Waals surface area contributed by atoms with Crippen LogP contribution in [0.2, 0.25) is 0 Å². The van der Waals surface area contributed by atoms with Gasteiger partial charge in [-0.15, -0.1) is 0 Å². The average molecular weight is 309 g/mol. The number of rotatable bonds is 4. The second kappa shape index (κ2) is 6.36. The molecular formula is C18H15NO4. The molecule has 0 unspecified atom stereocenters. The summed E-state index contributed by atoms with van der Waals surface area (Å²) in [6.45, 7) is 0. The first-order chi connectivity index (χ1) is 11.2. The third-order valence-electron chi connectivity index (χ3n) is 3.39. The Labute approximate surface area is 133 Å². The second-order valence-electron chi connectivity index (χ2n) is 4.78. The number of methoxy groups -OCH3 is 2. The van der Waals surface area contributed by atoms with Gasteiger partial charge < -0.3 is 14.2 Å². The Bertz CT molecular complexity index is 808. The highest BCUT2D eigenvalue weighted by molar-refractivity contribution is 6.13. The Morgan fingerprint density at radius 3 is 2.35 bits per heavy atom. The maximum absolute atomic E-state index is 12.1. The molecule has 0 atom stereocenters. The van der Waals surface area contributed by atoms with Crippen molar-refractivity contribution < 1.29 is 19.0 Å². The summed E-state index contributed by atoms with van der Waals surface area (Å²) in [6, 6.07) is 14.6. The predicted molar refractivity (Wildman–Crippen MR) is 86.6 cm³/mol. The van der Waals surface area contributed by atoms with Crippen LogP contribution in [-0.4, -0.2) is 26.1 Å². The monoisotopic (exact) mass is 309 g/mol. The van der Waals surface area contributed by atoms with Crippen LogP contribution < -0.4 is 9.47 Å². The highest BCUT2D eigenvalue weighted by Gasteiger charge is 2.26. The van der Waals surface area contributed by atoms with Crippen molar-refractivity contribution in [2.75, 3.05) is 14.2 Å². The van der Waals surface area contributed by atoms with Crippen molar-refractivity contribution in [3.63, 3.8) is 0 Å². The topological polar surface area (TPSA) is 57.1 Å². The summed E-state index contributed by atoms with van der Waals surface area (Å²) in [5.74, 6) is 0.983. The fraction of sp³-hybridized carbons (Fsp3) is 0.111. The van der Waals surface area contributed by atoms with E-state index in [9.17, 15) is 4.79 Å². The number of hydrogen-bond acceptors (Lipinski definition) is 5. The van der Waals surface area contributed by atoms with E-state index in [1.807, 2.05) is 36.4 Å². The van der Waals surface area contributed by atoms with Gasteiger partial charge in [0.05, 0.1) is 19.8 Å². The van der Waals surface area contributed by atoms with Gasteiger partial charge in [-0.25, -0.2) is 9.79 Å². The minimum absolute atomic E-state index is 0.218. The lowest BCUT2D eigenvalue weighted by atomic mass is 10.1. The smallest absolute Gasteiger partial charge is 0.363 e. The van der Waals surface area contributed by atoms with E-state index in [0.717, 1.165) is 5.56 Å². The molecule has 5 nitrogen and oxygen atoms in total. The standard InChI is InChI=1S/C18H15NO4/c1-21-15-9-5-3-7-12(15)11-14-18(20)23-17(19-14)13-8-4-6-10-16(13)22-2/h3-11H,1-2H3/b14-11+. The third-order valence-corrected chi connectivity index (χ3v) is 3.39. The number of hydrogen-bond donors (Lipinski definition) is 0. The van der Waals surface area contributed by atoms with Crippen LogP contribution in [0.3, 0.4) is 0 Å². The Balaban J connectivity index is 2.00. The summed E-state index contributed by atoms with van der Waals surface area (Å²) in [6.07, 6.45) is 1.64. The summed E-state index contributed by atoms with van der Waals surface area (Å²) < 4.78 is 15.8. The van der Waals surface area contributed by atoms with Gasteiger partial charge in [-0.05, 0) is 24.3 Å². The molecule has 3 rings (SSSR count). The first-order valence-electron chi connectivity index (χ1n) is 7.02. The number of nitrogens with zero attached hydrogens (tertiary/aromatic N) is 1. The molecule has 23 heavy (non-hydrogen) atoms. The largest absolute Gasteiger partial charge is 0.496 e. The molecule has 0 saturated carbocycles. The number of para-hydroxylation sites is 2. The highest BCUT2D eigenvalue weighted by Crippen LogP contribution is 2.27. The van der Waals surface area contributed by atoms with E-state index in [2.05, 4.69) is 4.99 Å². The van der Waals surface area contributed by atoms with Gasteiger partial charge in [0.25, 0.3) is 0 Å². The van der Waals surface area contributed by atoms with E-state index in [0.29, 0.717) is 17.1 Å². The molecule has 1 heterocycles. The Hall–Kier alpha value is -3.08. The van der Waals surface area contributed by atoms with Crippen LogP contribution >= 0.6 is 0 Å². The summed E-state index contributed by atoms with van der Waals surface area (Å²) in [4.78, 5) is 16.4. The SMILES string of the molecule is COc1ccccc1/C=C1/N=C(c2ccccc2OC)OC1=O. The maximum Gasteiger partial charge on any atom is 0.363 e. The first-order valence-corrected chi connectivity index (χ1v) is 7.02. The van der Waals surface area contributed by atoms with Gasteiger partial charge in [-0.2, -0.15) is 0 Å². The molecule has 1 aliphatic heterocycles. The van der Waals surface area contributed by atoms with Crippen LogP contribution in [0.15, 0.2) is 59.2 Å². The number of aliphatic imine (C=N–C) groups is 1. The molecule has 2 aromatic rings. The van der Waals surface area contributed by atoms with Crippen molar-refractivity contribution in [3.05, 3.63) is 65.4 Å². The van der Waals surface area contributed by atoms with Gasteiger partial charge >= 0.3 is 5.97 Å². The molecule has 116 valence electrons. The molecule has 0 bridgehead atoms. The van der Waals surface area contributed by atoms with Crippen molar-refractivity contribution in [2.24, 2.45) is 4.99 Å². The minimum atomic E-state index is -0.503.